The van der Waals surface area contributed by atoms with Crippen LogP contribution in [0.25, 0.3) is 0 Å². The maximum absolute atomic E-state index is 2.96. The zero-order valence-corrected chi connectivity index (χ0v) is 5.44. The Morgan fingerprint density at radius 1 is 1.50 bits per heavy atom. The van der Waals surface area contributed by atoms with E-state index >= 15 is 0 Å². The molecule has 0 aliphatic carbocycles. The number of halogens is 1. The highest BCUT2D eigenvalue weighted by Gasteiger charge is 1.79. The van der Waals surface area contributed by atoms with Gasteiger partial charge in [0.05, 0.1) is 0 Å². The average Bonchev–Trinajstić information content (AvgIpc) is 1.69. The molecule has 0 unspecified atom stereocenters. The minimum absolute atomic E-state index is 0. The molecular weight excluding hydrogens is 122 g/mol. The molecule has 0 aromatic carbocycles. The number of pyridine rings is 1. The highest BCUT2D eigenvalue weighted by atomic mass is 35.5. The van der Waals surface area contributed by atoms with Gasteiger partial charge in [-0.3, -0.25) is 0 Å². The van der Waals surface area contributed by atoms with Gasteiger partial charge in [0.2, 0.25) is 0 Å². The fourth-order valence-electron chi connectivity index (χ4n) is 0.483. The summed E-state index contributed by atoms with van der Waals surface area (Å²) in [5.41, 5.74) is 1.27. The summed E-state index contributed by atoms with van der Waals surface area (Å²) >= 11 is 0. The molecule has 0 amide bonds. The molecule has 8 heavy (non-hydrogen) atoms. The molecule has 0 saturated carbocycles. The molecule has 1 N–H and O–H groups in total. The summed E-state index contributed by atoms with van der Waals surface area (Å²) < 4.78 is 0. The van der Waals surface area contributed by atoms with Gasteiger partial charge in [-0.15, -0.1) is 0 Å². The first-order valence-electron chi connectivity index (χ1n) is 2.32. The van der Waals surface area contributed by atoms with Crippen molar-refractivity contribution >= 4 is 0 Å². The van der Waals surface area contributed by atoms with Gasteiger partial charge in [-0.05, 0) is 13.0 Å². The number of aryl methyl sites for hydroxylation is 1. The molecule has 44 valence electrons. The van der Waals surface area contributed by atoms with E-state index < -0.39 is 0 Å². The van der Waals surface area contributed by atoms with E-state index in [0.29, 0.717) is 0 Å². The Morgan fingerprint density at radius 3 is 2.50 bits per heavy atom. The number of H-pyrrole nitrogens is 1. The largest absolute Gasteiger partial charge is 1.00 e. The Balaban J connectivity index is 0.000000490. The van der Waals surface area contributed by atoms with Gasteiger partial charge < -0.3 is 12.4 Å². The van der Waals surface area contributed by atoms with E-state index in [1.807, 2.05) is 18.5 Å². The van der Waals surface area contributed by atoms with E-state index in [1.165, 1.54) is 5.56 Å². The summed E-state index contributed by atoms with van der Waals surface area (Å²) in [6, 6.07) is 4.03. The molecule has 1 nitrogen and oxygen atoms in total. The van der Waals surface area contributed by atoms with Crippen LogP contribution in [-0.4, -0.2) is 0 Å². The molecule has 0 atom stereocenters. The molecule has 0 bridgehead atoms. The number of hydrogen-bond acceptors (Lipinski definition) is 0. The molecule has 0 fully saturated rings. The Kier molecular flexibility index (Phi) is 3.20. The van der Waals surface area contributed by atoms with E-state index in [2.05, 4.69) is 18.0 Å². The highest BCUT2D eigenvalue weighted by molar-refractivity contribution is 5.00. The SMILES string of the molecule is Cc1ccc[nH+]c1.[Cl-]. The lowest BCUT2D eigenvalue weighted by molar-refractivity contribution is -0.378. The fraction of sp³-hybridized carbons (Fsp3) is 0.167. The lowest BCUT2D eigenvalue weighted by Crippen LogP contribution is -3.00. The predicted molar refractivity (Wildman–Crippen MR) is 27.7 cm³/mol. The van der Waals surface area contributed by atoms with Crippen LogP contribution in [-0.2, 0) is 0 Å². The molecule has 1 aromatic heterocycles. The van der Waals surface area contributed by atoms with E-state index in [4.69, 9.17) is 0 Å². The predicted octanol–water partition coefficient (Wildman–Crippen LogP) is -2.19. The molecule has 0 aliphatic heterocycles. The quantitative estimate of drug-likeness (QED) is 0.378. The summed E-state index contributed by atoms with van der Waals surface area (Å²) in [5, 5.41) is 0. The van der Waals surface area contributed by atoms with Crippen molar-refractivity contribution in [3.05, 3.63) is 30.1 Å². The van der Waals surface area contributed by atoms with Crippen LogP contribution in [0.1, 0.15) is 5.56 Å². The van der Waals surface area contributed by atoms with E-state index in [0.717, 1.165) is 0 Å². The van der Waals surface area contributed by atoms with Crippen LogP contribution in [0.5, 0.6) is 0 Å². The van der Waals surface area contributed by atoms with Crippen LogP contribution in [0, 0.1) is 6.92 Å². The van der Waals surface area contributed by atoms with Crippen LogP contribution in [0.4, 0.5) is 0 Å². The number of hydrogen-bond donors (Lipinski definition) is 0. The smallest absolute Gasteiger partial charge is 0.169 e. The first-order valence-corrected chi connectivity index (χ1v) is 2.32. The van der Waals surface area contributed by atoms with Crippen LogP contribution >= 0.6 is 0 Å². The van der Waals surface area contributed by atoms with Crippen molar-refractivity contribution in [3.63, 3.8) is 0 Å². The molecule has 1 heterocycles. The molecule has 0 radical (unpaired) electrons. The van der Waals surface area contributed by atoms with Gasteiger partial charge in [0.25, 0.3) is 0 Å². The van der Waals surface area contributed by atoms with E-state index in [1.54, 1.807) is 0 Å². The third-order valence-corrected chi connectivity index (χ3v) is 0.863. The van der Waals surface area contributed by atoms with Crippen LogP contribution in [0.2, 0.25) is 0 Å². The van der Waals surface area contributed by atoms with Crippen LogP contribution in [0.15, 0.2) is 24.5 Å². The topological polar surface area (TPSA) is 14.1 Å². The Hall–Kier alpha value is -0.560. The Morgan fingerprint density at radius 2 is 2.25 bits per heavy atom. The van der Waals surface area contributed by atoms with Crippen molar-refractivity contribution < 1.29 is 17.4 Å². The van der Waals surface area contributed by atoms with Crippen molar-refractivity contribution in [2.24, 2.45) is 0 Å². The molecule has 1 rings (SSSR count). The zero-order valence-electron chi connectivity index (χ0n) is 4.69. The molecule has 0 aliphatic rings. The van der Waals surface area contributed by atoms with Gasteiger partial charge >= 0.3 is 0 Å². The van der Waals surface area contributed by atoms with Crippen molar-refractivity contribution in [2.45, 2.75) is 6.92 Å². The summed E-state index contributed by atoms with van der Waals surface area (Å²) in [4.78, 5) is 2.96. The fourth-order valence-corrected chi connectivity index (χ4v) is 0.483. The van der Waals surface area contributed by atoms with Crippen LogP contribution in [0.3, 0.4) is 0 Å². The van der Waals surface area contributed by atoms with Gasteiger partial charge in [-0.25, -0.2) is 4.98 Å². The second-order valence-corrected chi connectivity index (χ2v) is 1.58. The van der Waals surface area contributed by atoms with Gasteiger partial charge in [-0.2, -0.15) is 0 Å². The number of rotatable bonds is 0. The van der Waals surface area contributed by atoms with E-state index in [-0.39, 0.29) is 12.4 Å². The third kappa shape index (κ3) is 1.94. The lowest BCUT2D eigenvalue weighted by Gasteiger charge is -1.76. The molecule has 1 aromatic rings. The molecular formula is C6H8ClN. The van der Waals surface area contributed by atoms with Gasteiger partial charge in [-0.1, -0.05) is 0 Å². The Bertz CT molecular complexity index is 138. The number of aromatic amines is 1. The number of nitrogens with one attached hydrogen (secondary N) is 1. The standard InChI is InChI=1S/C6H7N.ClH/c1-6-3-2-4-7-5-6;/h2-5H,1H3;1H. The molecule has 0 saturated heterocycles. The molecule has 2 heteroatoms. The maximum atomic E-state index is 2.96. The summed E-state index contributed by atoms with van der Waals surface area (Å²) in [5.74, 6) is 0. The van der Waals surface area contributed by atoms with Crippen molar-refractivity contribution in [3.8, 4) is 0 Å². The van der Waals surface area contributed by atoms with Gasteiger partial charge in [0.1, 0.15) is 0 Å². The summed E-state index contributed by atoms with van der Waals surface area (Å²) in [7, 11) is 0. The van der Waals surface area contributed by atoms with Crippen molar-refractivity contribution in [2.75, 3.05) is 0 Å². The second-order valence-electron chi connectivity index (χ2n) is 1.58. The van der Waals surface area contributed by atoms with Gasteiger partial charge in [0.15, 0.2) is 12.4 Å². The van der Waals surface area contributed by atoms with Crippen LogP contribution < -0.4 is 17.4 Å². The normalized spacial score (nSPS) is 7.62. The second kappa shape index (κ2) is 3.44. The minimum Gasteiger partial charge on any atom is -1.00 e. The first-order chi connectivity index (χ1) is 3.39. The lowest BCUT2D eigenvalue weighted by atomic mass is 10.3. The van der Waals surface area contributed by atoms with Gasteiger partial charge in [0, 0.05) is 11.6 Å². The Labute approximate surface area is 55.2 Å². The number of aromatic nitrogens is 1. The third-order valence-electron chi connectivity index (χ3n) is 0.863. The highest BCUT2D eigenvalue weighted by Crippen LogP contribution is 1.84. The average molecular weight is 130 g/mol. The summed E-state index contributed by atoms with van der Waals surface area (Å²) in [6.07, 6.45) is 3.85. The van der Waals surface area contributed by atoms with E-state index in [9.17, 15) is 0 Å². The summed E-state index contributed by atoms with van der Waals surface area (Å²) in [6.45, 7) is 2.05. The maximum Gasteiger partial charge on any atom is 0.169 e. The molecule has 0 spiro atoms. The zero-order chi connectivity index (χ0) is 5.11. The van der Waals surface area contributed by atoms with Crippen molar-refractivity contribution in [1.29, 1.82) is 0 Å². The van der Waals surface area contributed by atoms with Crippen molar-refractivity contribution in [1.82, 2.24) is 0 Å². The minimum atomic E-state index is 0. The first kappa shape index (κ1) is 7.44. The monoisotopic (exact) mass is 129 g/mol.